The van der Waals surface area contributed by atoms with Crippen LogP contribution in [-0.2, 0) is 11.3 Å². The maximum absolute atomic E-state index is 11.4. The molecule has 1 N–H and O–H groups in total. The van der Waals surface area contributed by atoms with E-state index in [0.717, 1.165) is 0 Å². The van der Waals surface area contributed by atoms with Crippen LogP contribution in [0.5, 0.6) is 5.88 Å². The summed E-state index contributed by atoms with van der Waals surface area (Å²) in [6, 6.07) is 1.64. The summed E-state index contributed by atoms with van der Waals surface area (Å²) in [6.45, 7) is 5.60. The van der Waals surface area contributed by atoms with Crippen molar-refractivity contribution in [2.75, 3.05) is 7.11 Å². The average Bonchev–Trinajstić information content (AvgIpc) is 2.24. The molecule has 0 unspecified atom stereocenters. The predicted octanol–water partition coefficient (Wildman–Crippen LogP) is 1.51. The van der Waals surface area contributed by atoms with Gasteiger partial charge in [0.05, 0.1) is 13.7 Å². The number of methoxy groups -OCH3 is 1. The molecule has 0 bridgehead atoms. The van der Waals surface area contributed by atoms with Gasteiger partial charge in [0.2, 0.25) is 5.88 Å². The number of hydrogen-bond donors (Lipinski definition) is 1. The second kappa shape index (κ2) is 5.47. The topological polar surface area (TPSA) is 73.3 Å². The van der Waals surface area contributed by atoms with Crippen LogP contribution < -0.4 is 10.1 Å². The number of ether oxygens (including phenoxy) is 2. The molecule has 1 amide bonds. The van der Waals surface area contributed by atoms with Gasteiger partial charge in [-0.1, -0.05) is 0 Å². The molecule has 0 aliphatic carbocycles. The fraction of sp³-hybridized carbons (Fsp3) is 0.545. The fourth-order valence-electron chi connectivity index (χ4n) is 1.04. The molecule has 1 rings (SSSR count). The largest absolute Gasteiger partial charge is 0.481 e. The number of carbonyl (C=O) groups is 1. The molecule has 1 aromatic heterocycles. The second-order valence-electron chi connectivity index (χ2n) is 4.37. The molecule has 6 nitrogen and oxygen atoms in total. The average molecular weight is 239 g/mol. The molecule has 0 atom stereocenters. The van der Waals surface area contributed by atoms with E-state index in [4.69, 9.17) is 9.47 Å². The van der Waals surface area contributed by atoms with E-state index in [2.05, 4.69) is 15.3 Å². The normalized spacial score (nSPS) is 10.8. The lowest BCUT2D eigenvalue weighted by Crippen LogP contribution is -2.32. The summed E-state index contributed by atoms with van der Waals surface area (Å²) in [5.74, 6) is 0.927. The Balaban J connectivity index is 2.47. The van der Waals surface area contributed by atoms with E-state index in [9.17, 15) is 4.79 Å². The van der Waals surface area contributed by atoms with Gasteiger partial charge in [0.1, 0.15) is 5.60 Å². The first-order valence-corrected chi connectivity index (χ1v) is 5.23. The molecule has 0 aromatic carbocycles. The summed E-state index contributed by atoms with van der Waals surface area (Å²) >= 11 is 0. The number of nitrogens with one attached hydrogen (secondary N) is 1. The van der Waals surface area contributed by atoms with E-state index in [1.807, 2.05) is 0 Å². The smallest absolute Gasteiger partial charge is 0.408 e. The predicted molar refractivity (Wildman–Crippen MR) is 61.7 cm³/mol. The minimum Gasteiger partial charge on any atom is -0.481 e. The van der Waals surface area contributed by atoms with E-state index in [-0.39, 0.29) is 6.54 Å². The third kappa shape index (κ3) is 5.14. The maximum atomic E-state index is 11.4. The Morgan fingerprint density at radius 3 is 2.76 bits per heavy atom. The Labute approximate surface area is 100 Å². The molecule has 0 aliphatic rings. The molecule has 0 fully saturated rings. The van der Waals surface area contributed by atoms with Crippen LogP contribution in [0.15, 0.2) is 12.3 Å². The van der Waals surface area contributed by atoms with E-state index < -0.39 is 11.7 Å². The maximum Gasteiger partial charge on any atom is 0.408 e. The third-order valence-corrected chi connectivity index (χ3v) is 1.68. The van der Waals surface area contributed by atoms with Crippen molar-refractivity contribution in [3.63, 3.8) is 0 Å². The number of alkyl carbamates (subject to hydrolysis) is 1. The molecule has 1 aromatic rings. The molecule has 17 heavy (non-hydrogen) atoms. The van der Waals surface area contributed by atoms with Crippen molar-refractivity contribution in [1.82, 2.24) is 15.3 Å². The van der Waals surface area contributed by atoms with Gasteiger partial charge in [-0.2, -0.15) is 4.98 Å². The van der Waals surface area contributed by atoms with Crippen molar-refractivity contribution in [1.29, 1.82) is 0 Å². The Kier molecular flexibility index (Phi) is 4.25. The number of amides is 1. The first-order chi connectivity index (χ1) is 7.90. The van der Waals surface area contributed by atoms with E-state index >= 15 is 0 Å². The quantitative estimate of drug-likeness (QED) is 0.865. The lowest BCUT2D eigenvalue weighted by Gasteiger charge is -2.19. The number of carbonyl (C=O) groups excluding carboxylic acids is 1. The van der Waals surface area contributed by atoms with Crippen LogP contribution in [0.1, 0.15) is 26.6 Å². The van der Waals surface area contributed by atoms with Gasteiger partial charge in [0.15, 0.2) is 5.82 Å². The summed E-state index contributed by atoms with van der Waals surface area (Å²) in [5, 5.41) is 2.57. The van der Waals surface area contributed by atoms with Crippen molar-refractivity contribution >= 4 is 6.09 Å². The number of nitrogens with zero attached hydrogens (tertiary/aromatic N) is 2. The first-order valence-electron chi connectivity index (χ1n) is 5.23. The summed E-state index contributed by atoms with van der Waals surface area (Å²) < 4.78 is 10.0. The van der Waals surface area contributed by atoms with Gasteiger partial charge in [0, 0.05) is 12.3 Å². The highest BCUT2D eigenvalue weighted by Crippen LogP contribution is 2.07. The second-order valence-corrected chi connectivity index (χ2v) is 4.37. The first kappa shape index (κ1) is 13.2. The Bertz CT molecular complexity index is 388. The summed E-state index contributed by atoms with van der Waals surface area (Å²) in [5.41, 5.74) is -0.515. The molecule has 94 valence electrons. The highest BCUT2D eigenvalue weighted by molar-refractivity contribution is 5.67. The van der Waals surface area contributed by atoms with E-state index in [0.29, 0.717) is 11.7 Å². The number of hydrogen-bond acceptors (Lipinski definition) is 5. The van der Waals surface area contributed by atoms with Gasteiger partial charge in [-0.15, -0.1) is 0 Å². The van der Waals surface area contributed by atoms with Gasteiger partial charge < -0.3 is 14.8 Å². The Morgan fingerprint density at radius 2 is 2.18 bits per heavy atom. The summed E-state index contributed by atoms with van der Waals surface area (Å²) in [7, 11) is 1.52. The number of aromatic nitrogens is 2. The van der Waals surface area contributed by atoms with Crippen LogP contribution in [0.25, 0.3) is 0 Å². The molecule has 0 saturated heterocycles. The van der Waals surface area contributed by atoms with E-state index in [1.165, 1.54) is 7.11 Å². The van der Waals surface area contributed by atoms with Gasteiger partial charge in [-0.25, -0.2) is 9.78 Å². The van der Waals surface area contributed by atoms with Gasteiger partial charge in [-0.05, 0) is 20.8 Å². The molecular weight excluding hydrogens is 222 g/mol. The summed E-state index contributed by atoms with van der Waals surface area (Å²) in [6.07, 6.45) is 1.07. The minimum atomic E-state index is -0.515. The van der Waals surface area contributed by atoms with Crippen molar-refractivity contribution in [2.45, 2.75) is 32.9 Å². The lowest BCUT2D eigenvalue weighted by molar-refractivity contribution is 0.0522. The van der Waals surface area contributed by atoms with Crippen LogP contribution in [0.2, 0.25) is 0 Å². The van der Waals surface area contributed by atoms with Gasteiger partial charge in [-0.3, -0.25) is 0 Å². The molecule has 0 saturated carbocycles. The SMILES string of the molecule is COc1ccnc(CNC(=O)OC(C)(C)C)n1. The van der Waals surface area contributed by atoms with Crippen LogP contribution in [-0.4, -0.2) is 28.8 Å². The zero-order valence-electron chi connectivity index (χ0n) is 10.5. The highest BCUT2D eigenvalue weighted by Gasteiger charge is 2.15. The number of rotatable bonds is 3. The molecular formula is C11H17N3O3. The van der Waals surface area contributed by atoms with Crippen molar-refractivity contribution < 1.29 is 14.3 Å². The zero-order chi connectivity index (χ0) is 12.9. The van der Waals surface area contributed by atoms with Crippen LogP contribution in [0, 0.1) is 0 Å². The Morgan fingerprint density at radius 1 is 1.47 bits per heavy atom. The van der Waals surface area contributed by atoms with E-state index in [1.54, 1.807) is 33.0 Å². The van der Waals surface area contributed by atoms with Gasteiger partial charge in [0.25, 0.3) is 0 Å². The van der Waals surface area contributed by atoms with Crippen molar-refractivity contribution in [2.24, 2.45) is 0 Å². The van der Waals surface area contributed by atoms with Crippen molar-refractivity contribution in [3.05, 3.63) is 18.1 Å². The molecule has 6 heteroatoms. The van der Waals surface area contributed by atoms with Crippen LogP contribution in [0.4, 0.5) is 4.79 Å². The molecule has 0 spiro atoms. The fourth-order valence-corrected chi connectivity index (χ4v) is 1.04. The van der Waals surface area contributed by atoms with Crippen LogP contribution >= 0.6 is 0 Å². The lowest BCUT2D eigenvalue weighted by atomic mass is 10.2. The third-order valence-electron chi connectivity index (χ3n) is 1.68. The van der Waals surface area contributed by atoms with Crippen molar-refractivity contribution in [3.8, 4) is 5.88 Å². The zero-order valence-corrected chi connectivity index (χ0v) is 10.5. The monoisotopic (exact) mass is 239 g/mol. The summed E-state index contributed by atoms with van der Waals surface area (Å²) in [4.78, 5) is 19.4. The van der Waals surface area contributed by atoms with Gasteiger partial charge >= 0.3 is 6.09 Å². The highest BCUT2D eigenvalue weighted by atomic mass is 16.6. The molecule has 0 radical (unpaired) electrons. The molecule has 0 aliphatic heterocycles. The Hall–Kier alpha value is -1.85. The minimum absolute atomic E-state index is 0.201. The van der Waals surface area contributed by atoms with Crippen LogP contribution in [0.3, 0.4) is 0 Å². The standard InChI is InChI=1S/C11H17N3O3/c1-11(2,3)17-10(15)13-7-8-12-6-5-9(14-8)16-4/h5-6H,7H2,1-4H3,(H,13,15). The molecule has 1 heterocycles.